The van der Waals surface area contributed by atoms with Crippen LogP contribution < -0.4 is 10.1 Å². The fourth-order valence-corrected chi connectivity index (χ4v) is 3.87. The van der Waals surface area contributed by atoms with Crippen LogP contribution in [0.15, 0.2) is 72.8 Å². The molecule has 164 valence electrons. The number of carbonyl (C=O) groups is 2. The molecule has 6 nitrogen and oxygen atoms in total. The normalized spacial score (nSPS) is 11.9. The summed E-state index contributed by atoms with van der Waals surface area (Å²) in [5.41, 5.74) is 5.53. The van der Waals surface area contributed by atoms with Gasteiger partial charge in [0.2, 0.25) is 0 Å². The number of hydrogen-bond acceptors (Lipinski definition) is 5. The van der Waals surface area contributed by atoms with Gasteiger partial charge < -0.3 is 19.5 Å². The Morgan fingerprint density at radius 3 is 2.09 bits per heavy atom. The molecule has 6 heteroatoms. The third kappa shape index (κ3) is 4.91. The van der Waals surface area contributed by atoms with Crippen molar-refractivity contribution in [3.05, 3.63) is 89.5 Å². The topological polar surface area (TPSA) is 73.9 Å². The molecule has 0 spiro atoms. The first-order chi connectivity index (χ1) is 15.7. The molecule has 32 heavy (non-hydrogen) atoms. The van der Waals surface area contributed by atoms with Crippen molar-refractivity contribution in [3.63, 3.8) is 0 Å². The van der Waals surface area contributed by atoms with Gasteiger partial charge in [-0.3, -0.25) is 4.79 Å². The summed E-state index contributed by atoms with van der Waals surface area (Å²) >= 11 is 0. The summed E-state index contributed by atoms with van der Waals surface area (Å²) in [6.45, 7) is 0.563. The number of methoxy groups -OCH3 is 1. The molecule has 1 aliphatic rings. The number of hydrogen-bond donors (Lipinski definition) is 1. The number of alkyl carbamates (subject to hydrolysis) is 1. The Kier molecular flexibility index (Phi) is 6.70. The van der Waals surface area contributed by atoms with E-state index in [1.54, 1.807) is 7.11 Å². The molecule has 3 aromatic carbocycles. The van der Waals surface area contributed by atoms with Crippen LogP contribution in [-0.2, 0) is 20.9 Å². The summed E-state index contributed by atoms with van der Waals surface area (Å²) in [6, 6.07) is 23.6. The third-order valence-corrected chi connectivity index (χ3v) is 5.50. The minimum absolute atomic E-state index is 0.00242. The SMILES string of the molecule is COc1ccc(COC(=O)CCNC(=O)OCC2c3ccccc3-c3ccccc32)cc1. The summed E-state index contributed by atoms with van der Waals surface area (Å²) < 4.78 is 15.8. The number of ether oxygens (including phenoxy) is 3. The van der Waals surface area contributed by atoms with Crippen molar-refractivity contribution in [2.75, 3.05) is 20.3 Å². The van der Waals surface area contributed by atoms with E-state index in [4.69, 9.17) is 14.2 Å². The minimum atomic E-state index is -0.546. The zero-order valence-corrected chi connectivity index (χ0v) is 17.9. The summed E-state index contributed by atoms with van der Waals surface area (Å²) in [7, 11) is 1.60. The zero-order chi connectivity index (χ0) is 22.3. The van der Waals surface area contributed by atoms with Gasteiger partial charge in [0.15, 0.2) is 0 Å². The highest BCUT2D eigenvalue weighted by molar-refractivity contribution is 5.79. The van der Waals surface area contributed by atoms with Crippen molar-refractivity contribution in [3.8, 4) is 16.9 Å². The number of carbonyl (C=O) groups excluding carboxylic acids is 2. The summed E-state index contributed by atoms with van der Waals surface area (Å²) in [6.07, 6.45) is -0.477. The molecule has 1 N–H and O–H groups in total. The van der Waals surface area contributed by atoms with E-state index in [0.29, 0.717) is 0 Å². The monoisotopic (exact) mass is 431 g/mol. The molecule has 3 aromatic rings. The van der Waals surface area contributed by atoms with Crippen LogP contribution in [0.5, 0.6) is 5.75 Å². The highest BCUT2D eigenvalue weighted by atomic mass is 16.5. The second kappa shape index (κ2) is 10.0. The van der Waals surface area contributed by atoms with Crippen molar-refractivity contribution in [2.45, 2.75) is 18.9 Å². The van der Waals surface area contributed by atoms with Crippen molar-refractivity contribution < 1.29 is 23.8 Å². The van der Waals surface area contributed by atoms with Gasteiger partial charge >= 0.3 is 12.1 Å². The van der Waals surface area contributed by atoms with Gasteiger partial charge in [-0.2, -0.15) is 0 Å². The quantitative estimate of drug-likeness (QED) is 0.525. The molecular weight excluding hydrogens is 406 g/mol. The molecule has 0 fully saturated rings. The van der Waals surface area contributed by atoms with Crippen LogP contribution >= 0.6 is 0 Å². The molecule has 0 aliphatic heterocycles. The second-order valence-corrected chi connectivity index (χ2v) is 7.51. The fraction of sp³-hybridized carbons (Fsp3) is 0.231. The molecule has 1 aliphatic carbocycles. The van der Waals surface area contributed by atoms with Crippen molar-refractivity contribution >= 4 is 12.1 Å². The average molecular weight is 431 g/mol. The summed E-state index contributed by atoms with van der Waals surface area (Å²) in [5.74, 6) is 0.356. The van der Waals surface area contributed by atoms with E-state index in [9.17, 15) is 9.59 Å². The molecule has 0 saturated carbocycles. The highest BCUT2D eigenvalue weighted by Crippen LogP contribution is 2.44. The largest absolute Gasteiger partial charge is 0.497 e. The predicted molar refractivity (Wildman–Crippen MR) is 120 cm³/mol. The Morgan fingerprint density at radius 2 is 1.47 bits per heavy atom. The average Bonchev–Trinajstić information content (AvgIpc) is 3.15. The van der Waals surface area contributed by atoms with E-state index in [1.165, 1.54) is 11.1 Å². The smallest absolute Gasteiger partial charge is 0.407 e. The molecule has 0 bridgehead atoms. The molecule has 0 aromatic heterocycles. The van der Waals surface area contributed by atoms with Crippen LogP contribution in [0.25, 0.3) is 11.1 Å². The van der Waals surface area contributed by atoms with Gasteiger partial charge in [0.1, 0.15) is 19.0 Å². The van der Waals surface area contributed by atoms with Crippen molar-refractivity contribution in [1.82, 2.24) is 5.32 Å². The van der Waals surface area contributed by atoms with Gasteiger partial charge in [-0.1, -0.05) is 60.7 Å². The first-order valence-corrected chi connectivity index (χ1v) is 10.5. The molecule has 0 heterocycles. The van der Waals surface area contributed by atoms with Crippen molar-refractivity contribution in [2.24, 2.45) is 0 Å². The van der Waals surface area contributed by atoms with E-state index in [1.807, 2.05) is 48.5 Å². The Bertz CT molecular complexity index is 1050. The standard InChI is InChI=1S/C26H25NO5/c1-30-19-12-10-18(11-13-19)16-31-25(28)14-15-27-26(29)32-17-24-22-8-4-2-6-20(22)21-7-3-5-9-23(21)24/h2-13,24H,14-17H2,1H3,(H,27,29). The van der Waals surface area contributed by atoms with Crippen LogP contribution in [0.1, 0.15) is 29.0 Å². The van der Waals surface area contributed by atoms with Crippen molar-refractivity contribution in [1.29, 1.82) is 0 Å². The maximum absolute atomic E-state index is 12.1. The first kappa shape index (κ1) is 21.4. The number of esters is 1. The molecule has 1 amide bonds. The number of fused-ring (bicyclic) bond motifs is 3. The van der Waals surface area contributed by atoms with Gasteiger partial charge in [0.25, 0.3) is 0 Å². The summed E-state index contributed by atoms with van der Waals surface area (Å²) in [5, 5.41) is 2.62. The fourth-order valence-electron chi connectivity index (χ4n) is 3.87. The Morgan fingerprint density at radius 1 is 0.844 bits per heavy atom. The van der Waals surface area contributed by atoms with Crippen LogP contribution in [0.3, 0.4) is 0 Å². The van der Waals surface area contributed by atoms with Crippen LogP contribution in [-0.4, -0.2) is 32.3 Å². The number of nitrogens with one attached hydrogen (secondary N) is 1. The Balaban J connectivity index is 1.21. The van der Waals surface area contributed by atoms with Crippen LogP contribution in [0, 0.1) is 0 Å². The molecule has 0 saturated heterocycles. The lowest BCUT2D eigenvalue weighted by molar-refractivity contribution is -0.144. The first-order valence-electron chi connectivity index (χ1n) is 10.5. The lowest BCUT2D eigenvalue weighted by atomic mass is 9.98. The van der Waals surface area contributed by atoms with Gasteiger partial charge in [0, 0.05) is 12.5 Å². The lowest BCUT2D eigenvalue weighted by Gasteiger charge is -2.14. The minimum Gasteiger partial charge on any atom is -0.497 e. The molecule has 0 atom stereocenters. The third-order valence-electron chi connectivity index (χ3n) is 5.50. The van der Waals surface area contributed by atoms with E-state index < -0.39 is 6.09 Å². The molecule has 4 rings (SSSR count). The second-order valence-electron chi connectivity index (χ2n) is 7.51. The molecular formula is C26H25NO5. The Hall–Kier alpha value is -3.80. The Labute approximate surface area is 187 Å². The van der Waals surface area contributed by atoms with Crippen LogP contribution in [0.2, 0.25) is 0 Å². The summed E-state index contributed by atoms with van der Waals surface area (Å²) in [4.78, 5) is 24.1. The van der Waals surface area contributed by atoms with Gasteiger partial charge in [0.05, 0.1) is 13.5 Å². The highest BCUT2D eigenvalue weighted by Gasteiger charge is 2.28. The van der Waals surface area contributed by atoms with E-state index in [2.05, 4.69) is 29.6 Å². The lowest BCUT2D eigenvalue weighted by Crippen LogP contribution is -2.28. The number of rotatable bonds is 8. The van der Waals surface area contributed by atoms with E-state index >= 15 is 0 Å². The predicted octanol–water partition coefficient (Wildman–Crippen LogP) is 4.67. The maximum Gasteiger partial charge on any atom is 0.407 e. The van der Waals surface area contributed by atoms with Crippen LogP contribution in [0.4, 0.5) is 4.79 Å². The van der Waals surface area contributed by atoms with E-state index in [0.717, 1.165) is 22.4 Å². The maximum atomic E-state index is 12.1. The molecule has 0 unspecified atom stereocenters. The molecule has 0 radical (unpaired) electrons. The van der Waals surface area contributed by atoms with Gasteiger partial charge in [-0.25, -0.2) is 4.79 Å². The van der Waals surface area contributed by atoms with Gasteiger partial charge in [-0.15, -0.1) is 0 Å². The number of amides is 1. The van der Waals surface area contributed by atoms with Gasteiger partial charge in [-0.05, 0) is 39.9 Å². The zero-order valence-electron chi connectivity index (χ0n) is 17.9. The number of benzene rings is 3. The van der Waals surface area contributed by atoms with E-state index in [-0.39, 0.29) is 38.1 Å².